The highest BCUT2D eigenvalue weighted by Crippen LogP contribution is 2.11. The fourth-order valence-electron chi connectivity index (χ4n) is 2.30. The van der Waals surface area contributed by atoms with Crippen molar-refractivity contribution in [3.63, 3.8) is 0 Å². The van der Waals surface area contributed by atoms with Crippen LogP contribution in [0.2, 0.25) is 0 Å². The predicted molar refractivity (Wildman–Crippen MR) is 86.8 cm³/mol. The number of Topliss-reactive ketones (excluding diaryl/α,β-unsaturated/α-hetero) is 1. The summed E-state index contributed by atoms with van der Waals surface area (Å²) in [5.74, 6) is -0.0202. The molecule has 2 rings (SSSR count). The van der Waals surface area contributed by atoms with Crippen LogP contribution in [0.15, 0.2) is 30.6 Å². The molecular weight excluding hydrogens is 311 g/mol. The van der Waals surface area contributed by atoms with Crippen molar-refractivity contribution in [1.29, 1.82) is 0 Å². The van der Waals surface area contributed by atoms with Crippen LogP contribution in [0.1, 0.15) is 48.9 Å². The highest BCUT2D eigenvalue weighted by Gasteiger charge is 2.16. The van der Waals surface area contributed by atoms with E-state index >= 15 is 0 Å². The SMILES string of the molecule is CC(C)n1cnnc1CN(C)C(=O)CCC(=O)c1ccc(F)cc1. The molecule has 0 bridgehead atoms. The lowest BCUT2D eigenvalue weighted by Crippen LogP contribution is -2.28. The summed E-state index contributed by atoms with van der Waals surface area (Å²) in [7, 11) is 1.67. The summed E-state index contributed by atoms with van der Waals surface area (Å²) in [6.07, 6.45) is 1.82. The van der Waals surface area contributed by atoms with Gasteiger partial charge in [-0.05, 0) is 38.1 Å². The van der Waals surface area contributed by atoms with Crippen LogP contribution in [0, 0.1) is 5.82 Å². The standard InChI is InChI=1S/C17H21FN4O2/c1-12(2)22-11-19-20-16(22)10-21(3)17(24)9-8-15(23)13-4-6-14(18)7-5-13/h4-7,11-12H,8-10H2,1-3H3. The molecule has 7 heteroatoms. The molecule has 0 unspecified atom stereocenters. The van der Waals surface area contributed by atoms with Crippen molar-refractivity contribution in [2.75, 3.05) is 7.05 Å². The van der Waals surface area contributed by atoms with Gasteiger partial charge in [-0.25, -0.2) is 4.39 Å². The maximum atomic E-state index is 12.9. The number of hydrogen-bond donors (Lipinski definition) is 0. The van der Waals surface area contributed by atoms with E-state index < -0.39 is 5.82 Å². The molecule has 0 aliphatic carbocycles. The third-order valence-corrected chi connectivity index (χ3v) is 3.74. The summed E-state index contributed by atoms with van der Waals surface area (Å²) in [4.78, 5) is 25.7. The van der Waals surface area contributed by atoms with Gasteiger partial charge in [-0.2, -0.15) is 0 Å². The first-order valence-corrected chi connectivity index (χ1v) is 7.79. The molecule has 0 saturated heterocycles. The minimum Gasteiger partial charge on any atom is -0.338 e. The number of hydrogen-bond acceptors (Lipinski definition) is 4. The highest BCUT2D eigenvalue weighted by molar-refractivity contribution is 5.97. The molecule has 0 radical (unpaired) electrons. The lowest BCUT2D eigenvalue weighted by molar-refractivity contribution is -0.130. The molecule has 1 heterocycles. The molecular formula is C17H21FN4O2. The predicted octanol–water partition coefficient (Wildman–Crippen LogP) is 2.62. The fourth-order valence-corrected chi connectivity index (χ4v) is 2.30. The molecule has 0 spiro atoms. The van der Waals surface area contributed by atoms with E-state index in [4.69, 9.17) is 0 Å². The largest absolute Gasteiger partial charge is 0.338 e. The molecule has 1 aromatic heterocycles. The van der Waals surface area contributed by atoms with E-state index in [1.165, 1.54) is 29.2 Å². The number of ketones is 1. The van der Waals surface area contributed by atoms with Gasteiger partial charge in [0.2, 0.25) is 5.91 Å². The molecule has 2 aromatic rings. The van der Waals surface area contributed by atoms with Crippen LogP contribution in [0.3, 0.4) is 0 Å². The van der Waals surface area contributed by atoms with E-state index in [0.29, 0.717) is 17.9 Å². The molecule has 0 fully saturated rings. The summed E-state index contributed by atoms with van der Waals surface area (Å²) in [6, 6.07) is 5.53. The van der Waals surface area contributed by atoms with Crippen molar-refractivity contribution in [2.24, 2.45) is 0 Å². The zero-order valence-electron chi connectivity index (χ0n) is 14.1. The van der Waals surface area contributed by atoms with Gasteiger partial charge in [0, 0.05) is 31.5 Å². The van der Waals surface area contributed by atoms with Gasteiger partial charge >= 0.3 is 0 Å². The van der Waals surface area contributed by atoms with E-state index in [2.05, 4.69) is 10.2 Å². The molecule has 24 heavy (non-hydrogen) atoms. The van der Waals surface area contributed by atoms with Crippen LogP contribution in [-0.2, 0) is 11.3 Å². The number of aromatic nitrogens is 3. The van der Waals surface area contributed by atoms with Crippen molar-refractivity contribution in [3.8, 4) is 0 Å². The fraction of sp³-hybridized carbons (Fsp3) is 0.412. The Bertz CT molecular complexity index is 710. The third kappa shape index (κ3) is 4.47. The minimum absolute atomic E-state index is 0.0890. The number of rotatable bonds is 7. The second kappa shape index (κ2) is 7.81. The van der Waals surface area contributed by atoms with Gasteiger partial charge in [-0.15, -0.1) is 10.2 Å². The monoisotopic (exact) mass is 332 g/mol. The third-order valence-electron chi connectivity index (χ3n) is 3.74. The first-order valence-electron chi connectivity index (χ1n) is 7.79. The molecule has 1 amide bonds. The van der Waals surface area contributed by atoms with Crippen LogP contribution in [0.25, 0.3) is 0 Å². The number of amides is 1. The second-order valence-electron chi connectivity index (χ2n) is 5.93. The summed E-state index contributed by atoms with van der Waals surface area (Å²) < 4.78 is 14.8. The van der Waals surface area contributed by atoms with Crippen molar-refractivity contribution < 1.29 is 14.0 Å². The summed E-state index contributed by atoms with van der Waals surface area (Å²) in [5, 5.41) is 7.89. The number of nitrogens with zero attached hydrogens (tertiary/aromatic N) is 4. The topological polar surface area (TPSA) is 68.1 Å². The molecule has 6 nitrogen and oxygen atoms in total. The maximum Gasteiger partial charge on any atom is 0.223 e. The van der Waals surface area contributed by atoms with Gasteiger partial charge in [-0.3, -0.25) is 9.59 Å². The maximum absolute atomic E-state index is 12.9. The van der Waals surface area contributed by atoms with E-state index in [-0.39, 0.29) is 30.6 Å². The summed E-state index contributed by atoms with van der Waals surface area (Å²) in [6.45, 7) is 4.35. The Morgan fingerprint density at radius 2 is 1.88 bits per heavy atom. The van der Waals surface area contributed by atoms with Gasteiger partial charge < -0.3 is 9.47 Å². The van der Waals surface area contributed by atoms with Crippen LogP contribution in [0.5, 0.6) is 0 Å². The average molecular weight is 332 g/mol. The minimum atomic E-state index is -0.392. The van der Waals surface area contributed by atoms with Gasteiger partial charge in [0.05, 0.1) is 6.54 Å². The Hall–Kier alpha value is -2.57. The second-order valence-corrected chi connectivity index (χ2v) is 5.93. The van der Waals surface area contributed by atoms with Gasteiger partial charge in [0.1, 0.15) is 12.1 Å². The molecule has 0 N–H and O–H groups in total. The molecule has 0 atom stereocenters. The van der Waals surface area contributed by atoms with Gasteiger partial charge in [-0.1, -0.05) is 0 Å². The first kappa shape index (κ1) is 17.8. The zero-order chi connectivity index (χ0) is 17.7. The highest BCUT2D eigenvalue weighted by atomic mass is 19.1. The number of halogens is 1. The molecule has 0 aliphatic heterocycles. The normalized spacial score (nSPS) is 10.9. The van der Waals surface area contributed by atoms with Crippen molar-refractivity contribution in [2.45, 2.75) is 39.3 Å². The van der Waals surface area contributed by atoms with Gasteiger partial charge in [0.25, 0.3) is 0 Å². The van der Waals surface area contributed by atoms with Crippen molar-refractivity contribution in [3.05, 3.63) is 47.8 Å². The Balaban J connectivity index is 1.88. The van der Waals surface area contributed by atoms with E-state index in [9.17, 15) is 14.0 Å². The Morgan fingerprint density at radius 3 is 2.50 bits per heavy atom. The van der Waals surface area contributed by atoms with Crippen LogP contribution in [-0.4, -0.2) is 38.4 Å². The van der Waals surface area contributed by atoms with E-state index in [0.717, 1.165) is 0 Å². The number of carbonyl (C=O) groups is 2. The van der Waals surface area contributed by atoms with Gasteiger partial charge in [0.15, 0.2) is 11.6 Å². The summed E-state index contributed by atoms with van der Waals surface area (Å²) in [5.41, 5.74) is 0.409. The lowest BCUT2D eigenvalue weighted by Gasteiger charge is -2.18. The quantitative estimate of drug-likeness (QED) is 0.731. The lowest BCUT2D eigenvalue weighted by atomic mass is 10.1. The van der Waals surface area contributed by atoms with Crippen LogP contribution >= 0.6 is 0 Å². The Labute approximate surface area is 140 Å². The number of benzene rings is 1. The average Bonchev–Trinajstić information content (AvgIpc) is 3.01. The Morgan fingerprint density at radius 1 is 1.21 bits per heavy atom. The zero-order valence-corrected chi connectivity index (χ0v) is 14.1. The summed E-state index contributed by atoms with van der Waals surface area (Å²) >= 11 is 0. The smallest absolute Gasteiger partial charge is 0.223 e. The van der Waals surface area contributed by atoms with Crippen LogP contribution < -0.4 is 0 Å². The van der Waals surface area contributed by atoms with Crippen LogP contribution in [0.4, 0.5) is 4.39 Å². The van der Waals surface area contributed by atoms with E-state index in [1.807, 2.05) is 18.4 Å². The Kier molecular flexibility index (Phi) is 5.78. The molecule has 128 valence electrons. The van der Waals surface area contributed by atoms with E-state index in [1.54, 1.807) is 13.4 Å². The van der Waals surface area contributed by atoms with Crippen molar-refractivity contribution in [1.82, 2.24) is 19.7 Å². The molecule has 0 aliphatic rings. The van der Waals surface area contributed by atoms with Crippen molar-refractivity contribution >= 4 is 11.7 Å². The molecule has 1 aromatic carbocycles. The number of carbonyl (C=O) groups excluding carboxylic acids is 2. The molecule has 0 saturated carbocycles. The first-order chi connectivity index (χ1) is 11.4.